The number of halogens is 1. The van der Waals surface area contributed by atoms with Crippen molar-refractivity contribution in [2.24, 2.45) is 0 Å². The Morgan fingerprint density at radius 2 is 1.69 bits per heavy atom. The second kappa shape index (κ2) is 10.3. The first-order valence-electron chi connectivity index (χ1n) is 10.8. The molecule has 0 spiro atoms. The van der Waals surface area contributed by atoms with E-state index in [1.807, 2.05) is 37.3 Å². The molecular formula is C25H27FN2O4. The van der Waals surface area contributed by atoms with Gasteiger partial charge < -0.3 is 18.8 Å². The SMILES string of the molecule is CCOc1ccc(OCc2ccc(C(=O)N3CCN(Cc4cccc(F)c4)CC3)o2)cc1. The normalized spacial score (nSPS) is 14.4. The van der Waals surface area contributed by atoms with Gasteiger partial charge in [-0.25, -0.2) is 4.39 Å². The lowest BCUT2D eigenvalue weighted by atomic mass is 10.2. The molecule has 0 atom stereocenters. The maximum Gasteiger partial charge on any atom is 0.289 e. The molecule has 2 heterocycles. The van der Waals surface area contributed by atoms with Crippen molar-refractivity contribution in [3.63, 3.8) is 0 Å². The maximum absolute atomic E-state index is 13.4. The summed E-state index contributed by atoms with van der Waals surface area (Å²) in [5, 5.41) is 0. The van der Waals surface area contributed by atoms with Crippen LogP contribution in [0.4, 0.5) is 4.39 Å². The van der Waals surface area contributed by atoms with E-state index in [1.54, 1.807) is 29.2 Å². The molecule has 1 saturated heterocycles. The maximum atomic E-state index is 13.4. The van der Waals surface area contributed by atoms with Gasteiger partial charge in [-0.1, -0.05) is 12.1 Å². The molecule has 1 aliphatic heterocycles. The Morgan fingerprint density at radius 3 is 2.38 bits per heavy atom. The van der Waals surface area contributed by atoms with E-state index >= 15 is 0 Å². The van der Waals surface area contributed by atoms with E-state index in [-0.39, 0.29) is 18.3 Å². The standard InChI is InChI=1S/C25H27FN2O4/c1-2-30-21-6-8-22(9-7-21)31-18-23-10-11-24(32-23)25(29)28-14-12-27(13-15-28)17-19-4-3-5-20(26)16-19/h3-11,16H,2,12-15,17-18H2,1H3. The monoisotopic (exact) mass is 438 g/mol. The minimum absolute atomic E-state index is 0.122. The predicted octanol–water partition coefficient (Wildman–Crippen LogP) is 4.35. The third-order valence-corrected chi connectivity index (χ3v) is 5.34. The van der Waals surface area contributed by atoms with Gasteiger partial charge in [-0.2, -0.15) is 0 Å². The molecule has 1 aliphatic rings. The van der Waals surface area contributed by atoms with Crippen LogP contribution in [0.3, 0.4) is 0 Å². The summed E-state index contributed by atoms with van der Waals surface area (Å²) in [4.78, 5) is 16.8. The first kappa shape index (κ1) is 21.9. The van der Waals surface area contributed by atoms with Gasteiger partial charge in [0.25, 0.3) is 5.91 Å². The van der Waals surface area contributed by atoms with Gasteiger partial charge in [-0.05, 0) is 61.0 Å². The van der Waals surface area contributed by atoms with E-state index in [0.29, 0.717) is 43.5 Å². The van der Waals surface area contributed by atoms with Crippen molar-refractivity contribution in [2.45, 2.75) is 20.1 Å². The van der Waals surface area contributed by atoms with E-state index < -0.39 is 0 Å². The van der Waals surface area contributed by atoms with Gasteiger partial charge in [0.15, 0.2) is 5.76 Å². The fourth-order valence-corrected chi connectivity index (χ4v) is 3.68. The molecule has 2 aromatic carbocycles. The molecule has 0 saturated carbocycles. The molecule has 0 radical (unpaired) electrons. The molecule has 6 nitrogen and oxygen atoms in total. The first-order chi connectivity index (χ1) is 15.6. The van der Waals surface area contributed by atoms with E-state index in [9.17, 15) is 9.18 Å². The lowest BCUT2D eigenvalue weighted by molar-refractivity contribution is 0.0594. The van der Waals surface area contributed by atoms with Crippen molar-refractivity contribution >= 4 is 5.91 Å². The van der Waals surface area contributed by atoms with Gasteiger partial charge in [0.2, 0.25) is 0 Å². The van der Waals surface area contributed by atoms with Gasteiger partial charge in [0.1, 0.15) is 29.7 Å². The van der Waals surface area contributed by atoms with Gasteiger partial charge in [0.05, 0.1) is 6.61 Å². The van der Waals surface area contributed by atoms with Crippen LogP contribution in [0.5, 0.6) is 11.5 Å². The van der Waals surface area contributed by atoms with Gasteiger partial charge in [-0.3, -0.25) is 9.69 Å². The number of carbonyl (C=O) groups is 1. The van der Waals surface area contributed by atoms with Crippen molar-refractivity contribution in [1.82, 2.24) is 9.80 Å². The van der Waals surface area contributed by atoms with Crippen LogP contribution in [0.1, 0.15) is 28.8 Å². The van der Waals surface area contributed by atoms with E-state index in [0.717, 1.165) is 24.4 Å². The highest BCUT2D eigenvalue weighted by Gasteiger charge is 2.24. The minimum Gasteiger partial charge on any atom is -0.494 e. The van der Waals surface area contributed by atoms with Crippen molar-refractivity contribution in [3.05, 3.63) is 83.6 Å². The first-order valence-corrected chi connectivity index (χ1v) is 10.8. The van der Waals surface area contributed by atoms with Crippen LogP contribution < -0.4 is 9.47 Å². The average molecular weight is 438 g/mol. The minimum atomic E-state index is -0.226. The fourth-order valence-electron chi connectivity index (χ4n) is 3.68. The number of nitrogens with zero attached hydrogens (tertiary/aromatic N) is 2. The average Bonchev–Trinajstić information content (AvgIpc) is 3.28. The van der Waals surface area contributed by atoms with Crippen molar-refractivity contribution in [2.75, 3.05) is 32.8 Å². The number of benzene rings is 2. The van der Waals surface area contributed by atoms with E-state index in [4.69, 9.17) is 13.9 Å². The van der Waals surface area contributed by atoms with Gasteiger partial charge in [-0.15, -0.1) is 0 Å². The molecule has 32 heavy (non-hydrogen) atoms. The number of ether oxygens (including phenoxy) is 2. The highest BCUT2D eigenvalue weighted by molar-refractivity contribution is 5.91. The summed E-state index contributed by atoms with van der Waals surface area (Å²) >= 11 is 0. The summed E-state index contributed by atoms with van der Waals surface area (Å²) in [6.07, 6.45) is 0. The van der Waals surface area contributed by atoms with E-state index in [2.05, 4.69) is 4.90 Å². The Labute approximate surface area is 187 Å². The molecule has 7 heteroatoms. The lowest BCUT2D eigenvalue weighted by Crippen LogP contribution is -2.48. The number of furan rings is 1. The van der Waals surface area contributed by atoms with Gasteiger partial charge >= 0.3 is 0 Å². The summed E-state index contributed by atoms with van der Waals surface area (Å²) in [6.45, 7) is 6.14. The molecule has 1 fully saturated rings. The number of amides is 1. The molecule has 0 aliphatic carbocycles. The van der Waals surface area contributed by atoms with Gasteiger partial charge in [0, 0.05) is 32.7 Å². The summed E-state index contributed by atoms with van der Waals surface area (Å²) in [7, 11) is 0. The Morgan fingerprint density at radius 1 is 0.969 bits per heavy atom. The predicted molar refractivity (Wildman–Crippen MR) is 118 cm³/mol. The molecule has 0 unspecified atom stereocenters. The third-order valence-electron chi connectivity index (χ3n) is 5.34. The molecular weight excluding hydrogens is 411 g/mol. The van der Waals surface area contributed by atoms with E-state index in [1.165, 1.54) is 6.07 Å². The largest absolute Gasteiger partial charge is 0.494 e. The van der Waals surface area contributed by atoms with Crippen LogP contribution >= 0.6 is 0 Å². The molecule has 0 bridgehead atoms. The number of piperazine rings is 1. The Balaban J connectivity index is 1.25. The lowest BCUT2D eigenvalue weighted by Gasteiger charge is -2.34. The highest BCUT2D eigenvalue weighted by Crippen LogP contribution is 2.20. The Kier molecular flexibility index (Phi) is 7.07. The number of hydrogen-bond acceptors (Lipinski definition) is 5. The van der Waals surface area contributed by atoms with Crippen LogP contribution in [-0.2, 0) is 13.2 Å². The fraction of sp³-hybridized carbons (Fsp3) is 0.320. The van der Waals surface area contributed by atoms with Crippen molar-refractivity contribution < 1.29 is 23.1 Å². The molecule has 3 aromatic rings. The second-order valence-electron chi connectivity index (χ2n) is 7.66. The van der Waals surface area contributed by atoms with Crippen LogP contribution in [0.2, 0.25) is 0 Å². The Bertz CT molecular complexity index is 1030. The number of carbonyl (C=O) groups excluding carboxylic acids is 1. The smallest absolute Gasteiger partial charge is 0.289 e. The summed E-state index contributed by atoms with van der Waals surface area (Å²) in [5.74, 6) is 2.05. The molecule has 4 rings (SSSR count). The van der Waals surface area contributed by atoms with Crippen LogP contribution in [0.15, 0.2) is 65.1 Å². The van der Waals surface area contributed by atoms with Crippen molar-refractivity contribution in [3.8, 4) is 11.5 Å². The third kappa shape index (κ3) is 5.68. The summed E-state index contributed by atoms with van der Waals surface area (Å²) < 4.78 is 30.3. The van der Waals surface area contributed by atoms with Crippen LogP contribution in [0, 0.1) is 5.82 Å². The summed E-state index contributed by atoms with van der Waals surface area (Å²) in [5.41, 5.74) is 0.938. The molecule has 0 N–H and O–H groups in total. The van der Waals surface area contributed by atoms with Crippen LogP contribution in [-0.4, -0.2) is 48.5 Å². The Hall–Kier alpha value is -3.32. The topological polar surface area (TPSA) is 55.2 Å². The zero-order chi connectivity index (χ0) is 22.3. The van der Waals surface area contributed by atoms with Crippen molar-refractivity contribution in [1.29, 1.82) is 0 Å². The number of hydrogen-bond donors (Lipinski definition) is 0. The molecule has 1 aromatic heterocycles. The summed E-state index contributed by atoms with van der Waals surface area (Å²) in [6, 6.07) is 17.5. The zero-order valence-electron chi connectivity index (χ0n) is 18.1. The second-order valence-corrected chi connectivity index (χ2v) is 7.66. The van der Waals surface area contributed by atoms with Crippen LogP contribution in [0.25, 0.3) is 0 Å². The number of rotatable bonds is 8. The molecule has 1 amide bonds. The zero-order valence-corrected chi connectivity index (χ0v) is 18.1. The highest BCUT2D eigenvalue weighted by atomic mass is 19.1. The molecule has 168 valence electrons. The quantitative estimate of drug-likeness (QED) is 0.523.